The Kier molecular flexibility index (Phi) is 4.08. The van der Waals surface area contributed by atoms with Gasteiger partial charge in [-0.15, -0.1) is 11.3 Å². The number of rotatable bonds is 2. The van der Waals surface area contributed by atoms with E-state index in [4.69, 9.17) is 10.7 Å². The molecular weight excluding hydrogens is 252 g/mol. The average molecular weight is 280 g/mol. The summed E-state index contributed by atoms with van der Waals surface area (Å²) in [6.07, 6.45) is 4.72. The van der Waals surface area contributed by atoms with Crippen LogP contribution >= 0.6 is 11.3 Å². The maximum absolute atomic E-state index is 6.32. The lowest BCUT2D eigenvalue weighted by Gasteiger charge is -2.39. The first-order valence-corrected chi connectivity index (χ1v) is 8.26. The van der Waals surface area contributed by atoms with Crippen molar-refractivity contribution in [3.63, 3.8) is 0 Å². The number of nitrogens with zero attached hydrogens (tertiary/aromatic N) is 1. The van der Waals surface area contributed by atoms with Crippen LogP contribution in [0.4, 0.5) is 0 Å². The molecule has 0 radical (unpaired) electrons. The molecule has 1 saturated carbocycles. The zero-order valence-corrected chi connectivity index (χ0v) is 13.8. The van der Waals surface area contributed by atoms with Crippen LogP contribution in [-0.2, 0) is 11.8 Å². The van der Waals surface area contributed by atoms with Gasteiger partial charge in [0.1, 0.15) is 0 Å². The summed E-state index contributed by atoms with van der Waals surface area (Å²) in [5.74, 6) is 0.600. The number of thiazole rings is 1. The molecule has 2 nitrogen and oxygen atoms in total. The predicted octanol–water partition coefficient (Wildman–Crippen LogP) is 4.14. The molecule has 2 atom stereocenters. The van der Waals surface area contributed by atoms with Crippen LogP contribution in [0.2, 0.25) is 0 Å². The third-order valence-corrected chi connectivity index (χ3v) is 5.20. The van der Waals surface area contributed by atoms with Crippen molar-refractivity contribution in [1.82, 2.24) is 4.98 Å². The summed E-state index contributed by atoms with van der Waals surface area (Å²) in [7, 11) is 0. The van der Waals surface area contributed by atoms with Gasteiger partial charge in [-0.3, -0.25) is 0 Å². The Morgan fingerprint density at radius 1 is 1.42 bits per heavy atom. The Balaban J connectivity index is 2.06. The van der Waals surface area contributed by atoms with Crippen LogP contribution in [0.5, 0.6) is 0 Å². The molecule has 2 unspecified atom stereocenters. The van der Waals surface area contributed by atoms with Crippen LogP contribution in [0.1, 0.15) is 64.6 Å². The summed E-state index contributed by atoms with van der Waals surface area (Å²) in [6.45, 7) is 11.4. The minimum Gasteiger partial charge on any atom is -0.327 e. The number of hydrogen-bond donors (Lipinski definition) is 1. The molecule has 1 aromatic rings. The van der Waals surface area contributed by atoms with Gasteiger partial charge in [-0.1, -0.05) is 34.6 Å². The molecule has 1 aliphatic rings. The molecule has 2 rings (SSSR count). The van der Waals surface area contributed by atoms with E-state index in [1.54, 1.807) is 11.3 Å². The summed E-state index contributed by atoms with van der Waals surface area (Å²) in [6, 6.07) is 0.356. The van der Waals surface area contributed by atoms with Gasteiger partial charge >= 0.3 is 0 Å². The highest BCUT2D eigenvalue weighted by molar-refractivity contribution is 7.09. The van der Waals surface area contributed by atoms with E-state index >= 15 is 0 Å². The highest BCUT2D eigenvalue weighted by Crippen LogP contribution is 2.39. The van der Waals surface area contributed by atoms with E-state index in [2.05, 4.69) is 40.0 Å². The quantitative estimate of drug-likeness (QED) is 0.884. The van der Waals surface area contributed by atoms with Gasteiger partial charge in [-0.2, -0.15) is 0 Å². The minimum atomic E-state index is 0.155. The van der Waals surface area contributed by atoms with E-state index in [-0.39, 0.29) is 5.41 Å². The Morgan fingerprint density at radius 3 is 2.68 bits per heavy atom. The van der Waals surface area contributed by atoms with Crippen LogP contribution in [-0.4, -0.2) is 11.0 Å². The Morgan fingerprint density at radius 2 is 2.11 bits per heavy atom. The van der Waals surface area contributed by atoms with Gasteiger partial charge in [-0.05, 0) is 30.6 Å². The lowest BCUT2D eigenvalue weighted by Crippen LogP contribution is -2.40. The van der Waals surface area contributed by atoms with Crippen molar-refractivity contribution in [3.8, 4) is 0 Å². The monoisotopic (exact) mass is 280 g/mol. The molecule has 19 heavy (non-hydrogen) atoms. The maximum atomic E-state index is 6.32. The molecule has 0 spiro atoms. The lowest BCUT2D eigenvalue weighted by atomic mass is 9.69. The van der Waals surface area contributed by atoms with Gasteiger partial charge in [0, 0.05) is 23.3 Å². The topological polar surface area (TPSA) is 38.9 Å². The van der Waals surface area contributed by atoms with Gasteiger partial charge in [0.15, 0.2) is 0 Å². The summed E-state index contributed by atoms with van der Waals surface area (Å²) in [5.41, 5.74) is 8.14. The first kappa shape index (κ1) is 15.0. The summed E-state index contributed by atoms with van der Waals surface area (Å²) >= 11 is 1.81. The Hall–Kier alpha value is -0.410. The largest absolute Gasteiger partial charge is 0.327 e. The van der Waals surface area contributed by atoms with Crippen molar-refractivity contribution >= 4 is 11.3 Å². The fourth-order valence-corrected chi connectivity index (χ4v) is 4.07. The first-order chi connectivity index (χ1) is 8.67. The maximum Gasteiger partial charge on any atom is 0.0931 e. The summed E-state index contributed by atoms with van der Waals surface area (Å²) in [5, 5.41) is 3.48. The Bertz CT molecular complexity index is 428. The van der Waals surface area contributed by atoms with Crippen LogP contribution in [0, 0.1) is 11.3 Å². The van der Waals surface area contributed by atoms with Gasteiger partial charge in [-0.25, -0.2) is 4.98 Å². The van der Waals surface area contributed by atoms with Crippen LogP contribution in [0.3, 0.4) is 0 Å². The molecule has 0 bridgehead atoms. The molecule has 1 aliphatic carbocycles. The zero-order chi connectivity index (χ0) is 14.3. The van der Waals surface area contributed by atoms with Crippen LogP contribution < -0.4 is 5.73 Å². The van der Waals surface area contributed by atoms with E-state index in [0.717, 1.165) is 12.8 Å². The van der Waals surface area contributed by atoms with Gasteiger partial charge in [0.2, 0.25) is 0 Å². The second kappa shape index (κ2) is 5.17. The normalized spacial score (nSPS) is 27.5. The SMILES string of the molecule is CC1(C)CCC(N)C(Cc2nc(C(C)(C)C)cs2)C1. The van der Waals surface area contributed by atoms with Gasteiger partial charge in [0.25, 0.3) is 0 Å². The number of aromatic nitrogens is 1. The van der Waals surface area contributed by atoms with Crippen LogP contribution in [0.25, 0.3) is 0 Å². The first-order valence-electron chi connectivity index (χ1n) is 7.38. The highest BCUT2D eigenvalue weighted by Gasteiger charge is 2.33. The van der Waals surface area contributed by atoms with Crippen molar-refractivity contribution in [2.75, 3.05) is 0 Å². The van der Waals surface area contributed by atoms with Crippen molar-refractivity contribution in [2.45, 2.75) is 71.8 Å². The van der Waals surface area contributed by atoms with Crippen molar-refractivity contribution in [2.24, 2.45) is 17.1 Å². The minimum absolute atomic E-state index is 0.155. The molecule has 0 aromatic carbocycles. The second-order valence-electron chi connectivity index (χ2n) is 7.91. The predicted molar refractivity (Wildman–Crippen MR) is 83.6 cm³/mol. The van der Waals surface area contributed by atoms with E-state index in [0.29, 0.717) is 17.4 Å². The van der Waals surface area contributed by atoms with E-state index in [1.165, 1.54) is 23.5 Å². The second-order valence-corrected chi connectivity index (χ2v) is 8.85. The zero-order valence-electron chi connectivity index (χ0n) is 13.0. The molecule has 0 saturated heterocycles. The van der Waals surface area contributed by atoms with Gasteiger partial charge < -0.3 is 5.73 Å². The molecule has 0 amide bonds. The third-order valence-electron chi connectivity index (χ3n) is 4.33. The summed E-state index contributed by atoms with van der Waals surface area (Å²) < 4.78 is 0. The highest BCUT2D eigenvalue weighted by atomic mass is 32.1. The molecule has 0 aliphatic heterocycles. The fraction of sp³-hybridized carbons (Fsp3) is 0.812. The van der Waals surface area contributed by atoms with Crippen LogP contribution in [0.15, 0.2) is 5.38 Å². The molecule has 1 fully saturated rings. The average Bonchev–Trinajstić information content (AvgIpc) is 2.71. The molecule has 2 N–H and O–H groups in total. The number of nitrogens with two attached hydrogens (primary N) is 1. The molecule has 1 heterocycles. The third kappa shape index (κ3) is 3.79. The van der Waals surface area contributed by atoms with Gasteiger partial charge in [0.05, 0.1) is 10.7 Å². The van der Waals surface area contributed by atoms with Crippen molar-refractivity contribution in [1.29, 1.82) is 0 Å². The molecule has 3 heteroatoms. The smallest absolute Gasteiger partial charge is 0.0931 e. The standard InChI is InChI=1S/C16H28N2S/c1-15(2,3)13-10-19-14(18-13)8-11-9-16(4,5)7-6-12(11)17/h10-12H,6-9,17H2,1-5H3. The van der Waals surface area contributed by atoms with Crippen molar-refractivity contribution in [3.05, 3.63) is 16.1 Å². The summed E-state index contributed by atoms with van der Waals surface area (Å²) in [4.78, 5) is 4.82. The fourth-order valence-electron chi connectivity index (χ4n) is 2.95. The van der Waals surface area contributed by atoms with E-state index < -0.39 is 0 Å². The van der Waals surface area contributed by atoms with E-state index in [1.807, 2.05) is 0 Å². The van der Waals surface area contributed by atoms with Crippen molar-refractivity contribution < 1.29 is 0 Å². The number of hydrogen-bond acceptors (Lipinski definition) is 3. The molecule has 108 valence electrons. The molecular formula is C16H28N2S. The Labute approximate surface area is 121 Å². The lowest BCUT2D eigenvalue weighted by molar-refractivity contribution is 0.157. The van der Waals surface area contributed by atoms with E-state index in [9.17, 15) is 0 Å². The molecule has 1 aromatic heterocycles.